The molecule has 9 nitrogen and oxygen atoms in total. The highest BCUT2D eigenvalue weighted by molar-refractivity contribution is 5.76. The van der Waals surface area contributed by atoms with Gasteiger partial charge in [-0.3, -0.25) is 4.79 Å². The highest BCUT2D eigenvalue weighted by Gasteiger charge is 2.47. The molecule has 1 aliphatic rings. The van der Waals surface area contributed by atoms with Crippen LogP contribution in [0.1, 0.15) is 32.8 Å². The van der Waals surface area contributed by atoms with E-state index in [1.165, 1.54) is 0 Å². The molecule has 1 aromatic carbocycles. The Labute approximate surface area is 157 Å². The van der Waals surface area contributed by atoms with Crippen molar-refractivity contribution in [1.82, 2.24) is 5.32 Å². The van der Waals surface area contributed by atoms with E-state index in [1.807, 2.05) is 30.3 Å². The molecule has 1 amide bonds. The van der Waals surface area contributed by atoms with Gasteiger partial charge in [0.15, 0.2) is 0 Å². The van der Waals surface area contributed by atoms with E-state index in [2.05, 4.69) is 15.3 Å². The van der Waals surface area contributed by atoms with Crippen LogP contribution < -0.4 is 5.32 Å². The van der Waals surface area contributed by atoms with Gasteiger partial charge in [-0.2, -0.15) is 0 Å². The fourth-order valence-corrected chi connectivity index (χ4v) is 2.91. The molecule has 1 saturated carbocycles. The van der Waals surface area contributed by atoms with Crippen LogP contribution >= 0.6 is 0 Å². The number of azide groups is 1. The number of alkyl carbamates (subject to hydrolysis) is 1. The Bertz CT molecular complexity index is 712. The van der Waals surface area contributed by atoms with E-state index in [0.29, 0.717) is 0 Å². The molecule has 2 N–H and O–H groups in total. The first-order chi connectivity index (χ1) is 12.7. The van der Waals surface area contributed by atoms with E-state index in [-0.39, 0.29) is 13.0 Å². The molecule has 0 spiro atoms. The number of carbonyl (C=O) groups is 2. The molecule has 1 aliphatic carbocycles. The summed E-state index contributed by atoms with van der Waals surface area (Å²) in [5, 5.41) is 16.4. The minimum absolute atomic E-state index is 0.0671. The molecule has 1 aromatic rings. The Balaban J connectivity index is 2.08. The SMILES string of the molecule is CC(C)(C)OC(=O)N[C@H]1[C@@H](O)[C@H](N=[N+]=[N-])C[C@H]1C(=O)OCc1ccccc1. The Morgan fingerprint density at radius 2 is 2.00 bits per heavy atom. The lowest BCUT2D eigenvalue weighted by Gasteiger charge is -2.25. The van der Waals surface area contributed by atoms with Gasteiger partial charge < -0.3 is 19.9 Å². The zero-order chi connectivity index (χ0) is 20.0. The Kier molecular flexibility index (Phi) is 6.65. The van der Waals surface area contributed by atoms with Crippen LogP contribution in [0.2, 0.25) is 0 Å². The second kappa shape index (κ2) is 8.75. The molecule has 0 bridgehead atoms. The molecule has 9 heteroatoms. The number of hydrogen-bond donors (Lipinski definition) is 2. The van der Waals surface area contributed by atoms with E-state index >= 15 is 0 Å². The van der Waals surface area contributed by atoms with E-state index in [1.54, 1.807) is 20.8 Å². The van der Waals surface area contributed by atoms with Gasteiger partial charge in [-0.1, -0.05) is 35.4 Å². The highest BCUT2D eigenvalue weighted by atomic mass is 16.6. The Hall–Kier alpha value is -2.77. The number of nitrogens with one attached hydrogen (secondary N) is 1. The Morgan fingerprint density at radius 3 is 2.59 bits per heavy atom. The molecule has 27 heavy (non-hydrogen) atoms. The van der Waals surface area contributed by atoms with Crippen molar-refractivity contribution in [2.75, 3.05) is 0 Å². The maximum atomic E-state index is 12.5. The van der Waals surface area contributed by atoms with Crippen LogP contribution in [-0.4, -0.2) is 41.0 Å². The number of nitrogens with zero attached hydrogens (tertiary/aromatic N) is 3. The van der Waals surface area contributed by atoms with Gasteiger partial charge >= 0.3 is 12.1 Å². The molecular weight excluding hydrogens is 352 g/mol. The van der Waals surface area contributed by atoms with Gasteiger partial charge in [0, 0.05) is 4.91 Å². The predicted octanol–water partition coefficient (Wildman–Crippen LogP) is 2.68. The number of ether oxygens (including phenoxy) is 2. The summed E-state index contributed by atoms with van der Waals surface area (Å²) < 4.78 is 10.5. The summed E-state index contributed by atoms with van der Waals surface area (Å²) in [7, 11) is 0. The van der Waals surface area contributed by atoms with E-state index in [0.717, 1.165) is 5.56 Å². The average molecular weight is 376 g/mol. The van der Waals surface area contributed by atoms with Crippen molar-refractivity contribution in [2.45, 2.75) is 57.6 Å². The fourth-order valence-electron chi connectivity index (χ4n) is 2.91. The van der Waals surface area contributed by atoms with Gasteiger partial charge in [0.1, 0.15) is 12.2 Å². The number of benzene rings is 1. The summed E-state index contributed by atoms with van der Waals surface area (Å²) >= 11 is 0. The van der Waals surface area contributed by atoms with E-state index < -0.39 is 41.8 Å². The second-order valence-electron chi connectivity index (χ2n) is 7.37. The van der Waals surface area contributed by atoms with Gasteiger partial charge in [0.05, 0.1) is 24.1 Å². The molecule has 0 heterocycles. The number of amides is 1. The lowest BCUT2D eigenvalue weighted by Crippen LogP contribution is -2.49. The molecule has 0 aromatic heterocycles. The van der Waals surface area contributed by atoms with Crippen molar-refractivity contribution >= 4 is 12.1 Å². The zero-order valence-electron chi connectivity index (χ0n) is 15.5. The molecular formula is C18H24N4O5. The maximum Gasteiger partial charge on any atom is 0.407 e. The monoisotopic (exact) mass is 376 g/mol. The third kappa shape index (κ3) is 5.87. The number of aliphatic hydroxyl groups excluding tert-OH is 1. The number of aliphatic hydroxyl groups is 1. The highest BCUT2D eigenvalue weighted by Crippen LogP contribution is 2.31. The molecule has 1 fully saturated rings. The van der Waals surface area contributed by atoms with Crippen molar-refractivity contribution in [1.29, 1.82) is 0 Å². The molecule has 0 radical (unpaired) electrons. The van der Waals surface area contributed by atoms with Gasteiger partial charge in [0.25, 0.3) is 0 Å². The largest absolute Gasteiger partial charge is 0.461 e. The predicted molar refractivity (Wildman–Crippen MR) is 96.4 cm³/mol. The van der Waals surface area contributed by atoms with Crippen LogP contribution in [0.5, 0.6) is 0 Å². The van der Waals surface area contributed by atoms with Crippen LogP contribution in [0.15, 0.2) is 35.4 Å². The number of esters is 1. The smallest absolute Gasteiger partial charge is 0.407 e. The summed E-state index contributed by atoms with van der Waals surface area (Å²) in [6, 6.07) is 7.32. The summed E-state index contributed by atoms with van der Waals surface area (Å²) in [4.78, 5) is 27.3. The van der Waals surface area contributed by atoms with Crippen LogP contribution in [0.25, 0.3) is 10.4 Å². The lowest BCUT2D eigenvalue weighted by atomic mass is 10.0. The fraction of sp³-hybridized carbons (Fsp3) is 0.556. The number of hydrogen-bond acceptors (Lipinski definition) is 6. The summed E-state index contributed by atoms with van der Waals surface area (Å²) in [6.45, 7) is 5.17. The van der Waals surface area contributed by atoms with Gasteiger partial charge in [-0.05, 0) is 38.3 Å². The molecule has 4 atom stereocenters. The average Bonchev–Trinajstić information content (AvgIpc) is 2.89. The summed E-state index contributed by atoms with van der Waals surface area (Å²) in [5.41, 5.74) is 8.74. The summed E-state index contributed by atoms with van der Waals surface area (Å²) in [5.74, 6) is -1.44. The third-order valence-corrected chi connectivity index (χ3v) is 4.10. The zero-order valence-corrected chi connectivity index (χ0v) is 15.5. The minimum atomic E-state index is -1.22. The van der Waals surface area contributed by atoms with Crippen LogP contribution in [0, 0.1) is 5.92 Å². The maximum absolute atomic E-state index is 12.5. The van der Waals surface area contributed by atoms with Crippen LogP contribution in [0.4, 0.5) is 4.79 Å². The van der Waals surface area contributed by atoms with E-state index in [4.69, 9.17) is 15.0 Å². The van der Waals surface area contributed by atoms with Crippen molar-refractivity contribution in [3.63, 3.8) is 0 Å². The summed E-state index contributed by atoms with van der Waals surface area (Å²) in [6.07, 6.45) is -1.92. The van der Waals surface area contributed by atoms with Crippen molar-refractivity contribution in [2.24, 2.45) is 11.0 Å². The van der Waals surface area contributed by atoms with E-state index in [9.17, 15) is 14.7 Å². The Morgan fingerprint density at radius 1 is 1.33 bits per heavy atom. The third-order valence-electron chi connectivity index (χ3n) is 4.10. The second-order valence-corrected chi connectivity index (χ2v) is 7.37. The minimum Gasteiger partial charge on any atom is -0.461 e. The topological polar surface area (TPSA) is 134 Å². The number of rotatable bonds is 5. The van der Waals surface area contributed by atoms with Crippen LogP contribution in [-0.2, 0) is 20.9 Å². The first-order valence-corrected chi connectivity index (χ1v) is 8.63. The van der Waals surface area contributed by atoms with Crippen LogP contribution in [0.3, 0.4) is 0 Å². The lowest BCUT2D eigenvalue weighted by molar-refractivity contribution is -0.150. The molecule has 0 unspecified atom stereocenters. The first kappa shape index (κ1) is 20.5. The molecule has 0 saturated heterocycles. The van der Waals surface area contributed by atoms with Gasteiger partial charge in [-0.25, -0.2) is 4.79 Å². The molecule has 0 aliphatic heterocycles. The molecule has 2 rings (SSSR count). The quantitative estimate of drug-likeness (QED) is 0.353. The van der Waals surface area contributed by atoms with Crippen molar-refractivity contribution in [3.8, 4) is 0 Å². The normalized spacial score (nSPS) is 24.6. The standard InChI is InChI=1S/C18H24N4O5/c1-18(2,3)27-17(25)20-14-12(9-13(15(14)23)21-22-19)16(24)26-10-11-7-5-4-6-8-11/h4-8,12-15,23H,9-10H2,1-3H3,(H,20,25)/t12-,13-,14-,15+/m1/s1. The molecule has 146 valence electrons. The van der Waals surface area contributed by atoms with Crippen molar-refractivity contribution < 1.29 is 24.2 Å². The first-order valence-electron chi connectivity index (χ1n) is 8.63. The van der Waals surface area contributed by atoms with Gasteiger partial charge in [-0.15, -0.1) is 0 Å². The number of carbonyl (C=O) groups excluding carboxylic acids is 2. The van der Waals surface area contributed by atoms with Crippen molar-refractivity contribution in [3.05, 3.63) is 46.3 Å². The van der Waals surface area contributed by atoms with Gasteiger partial charge in [0.2, 0.25) is 0 Å².